The lowest BCUT2D eigenvalue weighted by atomic mass is 10.1. The molecule has 0 radical (unpaired) electrons. The molecule has 0 bridgehead atoms. The van der Waals surface area contributed by atoms with Crippen molar-refractivity contribution in [1.29, 1.82) is 0 Å². The maximum atomic E-state index is 2.70. The molecule has 35 heavy (non-hydrogen) atoms. The Morgan fingerprint density at radius 1 is 0.371 bits per heavy atom. The first kappa shape index (κ1) is 32.4. The lowest BCUT2D eigenvalue weighted by Crippen LogP contribution is -2.39. The average molecular weight is 491 g/mol. The number of hydrogen-bond donors (Lipinski definition) is 0. The van der Waals surface area contributed by atoms with E-state index in [1.165, 1.54) is 174 Å². The summed E-state index contributed by atoms with van der Waals surface area (Å²) in [5.74, 6) is 0. The predicted octanol–water partition coefficient (Wildman–Crippen LogP) is 11.2. The lowest BCUT2D eigenvalue weighted by Gasteiger charge is -2.33. The SMILES string of the molecule is CCCCCCCCCCCCCN1C=CN(CCCCCCCCC)C1CCCCCCCC. The summed E-state index contributed by atoms with van der Waals surface area (Å²) in [6.07, 6.45) is 41.0. The van der Waals surface area contributed by atoms with Crippen LogP contribution in [-0.4, -0.2) is 29.1 Å². The van der Waals surface area contributed by atoms with Gasteiger partial charge in [-0.15, -0.1) is 0 Å². The fourth-order valence-electron chi connectivity index (χ4n) is 5.66. The van der Waals surface area contributed by atoms with Gasteiger partial charge < -0.3 is 9.80 Å². The van der Waals surface area contributed by atoms with Crippen LogP contribution in [-0.2, 0) is 0 Å². The van der Waals surface area contributed by atoms with Crippen LogP contribution in [0.15, 0.2) is 12.4 Å². The smallest absolute Gasteiger partial charge is 0.101 e. The van der Waals surface area contributed by atoms with Crippen LogP contribution in [0.2, 0.25) is 0 Å². The quantitative estimate of drug-likeness (QED) is 0.106. The minimum Gasteiger partial charge on any atom is -0.356 e. The van der Waals surface area contributed by atoms with E-state index in [9.17, 15) is 0 Å². The van der Waals surface area contributed by atoms with E-state index < -0.39 is 0 Å². The van der Waals surface area contributed by atoms with Crippen molar-refractivity contribution in [1.82, 2.24) is 9.80 Å². The van der Waals surface area contributed by atoms with Gasteiger partial charge in [0.2, 0.25) is 0 Å². The molecular formula is C33H66N2. The van der Waals surface area contributed by atoms with Crippen LogP contribution in [0, 0.1) is 0 Å². The highest BCUT2D eigenvalue weighted by atomic mass is 15.4. The van der Waals surface area contributed by atoms with Crippen LogP contribution >= 0.6 is 0 Å². The Kier molecular flexibility index (Phi) is 23.1. The maximum Gasteiger partial charge on any atom is 0.101 e. The van der Waals surface area contributed by atoms with Crippen molar-refractivity contribution in [3.05, 3.63) is 12.4 Å². The number of nitrogens with zero attached hydrogens (tertiary/aromatic N) is 2. The van der Waals surface area contributed by atoms with Gasteiger partial charge in [0.05, 0.1) is 0 Å². The van der Waals surface area contributed by atoms with Gasteiger partial charge in [0.25, 0.3) is 0 Å². The fourth-order valence-corrected chi connectivity index (χ4v) is 5.66. The molecule has 0 amide bonds. The molecule has 2 heteroatoms. The molecule has 1 atom stereocenters. The van der Waals surface area contributed by atoms with Crippen molar-refractivity contribution >= 4 is 0 Å². The molecule has 0 spiro atoms. The topological polar surface area (TPSA) is 6.48 Å². The Morgan fingerprint density at radius 2 is 0.657 bits per heavy atom. The Hall–Kier alpha value is -0.660. The largest absolute Gasteiger partial charge is 0.356 e. The summed E-state index contributed by atoms with van der Waals surface area (Å²) in [6.45, 7) is 9.47. The van der Waals surface area contributed by atoms with E-state index >= 15 is 0 Å². The molecule has 1 aliphatic rings. The predicted molar refractivity (Wildman–Crippen MR) is 159 cm³/mol. The molecule has 0 N–H and O–H groups in total. The molecule has 1 rings (SSSR count). The molecule has 1 heterocycles. The second-order valence-corrected chi connectivity index (χ2v) is 11.5. The third kappa shape index (κ3) is 18.3. The van der Waals surface area contributed by atoms with Crippen LogP contribution in [0.4, 0.5) is 0 Å². The second kappa shape index (κ2) is 25.0. The molecule has 1 aliphatic heterocycles. The molecule has 0 aromatic carbocycles. The monoisotopic (exact) mass is 491 g/mol. The Morgan fingerprint density at radius 3 is 1.00 bits per heavy atom. The summed E-state index contributed by atoms with van der Waals surface area (Å²) in [4.78, 5) is 5.39. The standard InChI is InChI=1S/C33H66N2/c1-4-7-10-13-16-17-18-19-21-24-27-30-35-32-31-34(29-26-23-20-14-11-8-5-2)33(35)28-25-22-15-12-9-6-3/h31-33H,4-30H2,1-3H3. The summed E-state index contributed by atoms with van der Waals surface area (Å²) in [5.41, 5.74) is 0. The molecular weight excluding hydrogens is 424 g/mol. The normalized spacial score (nSPS) is 15.6. The van der Waals surface area contributed by atoms with Gasteiger partial charge in [0.1, 0.15) is 6.17 Å². The van der Waals surface area contributed by atoms with Crippen LogP contribution < -0.4 is 0 Å². The van der Waals surface area contributed by atoms with E-state index in [1.807, 2.05) is 0 Å². The Labute approximate surface area is 222 Å². The number of rotatable bonds is 27. The van der Waals surface area contributed by atoms with Gasteiger partial charge in [0.15, 0.2) is 0 Å². The molecule has 0 saturated heterocycles. The van der Waals surface area contributed by atoms with Crippen molar-refractivity contribution in [3.8, 4) is 0 Å². The van der Waals surface area contributed by atoms with Gasteiger partial charge in [-0.3, -0.25) is 0 Å². The van der Waals surface area contributed by atoms with Crippen molar-refractivity contribution in [2.75, 3.05) is 13.1 Å². The van der Waals surface area contributed by atoms with E-state index in [-0.39, 0.29) is 0 Å². The zero-order valence-electron chi connectivity index (χ0n) is 24.7. The first-order chi connectivity index (χ1) is 17.3. The highest BCUT2D eigenvalue weighted by Crippen LogP contribution is 2.24. The van der Waals surface area contributed by atoms with E-state index in [2.05, 4.69) is 43.0 Å². The fraction of sp³-hybridized carbons (Fsp3) is 0.939. The lowest BCUT2D eigenvalue weighted by molar-refractivity contribution is 0.135. The summed E-state index contributed by atoms with van der Waals surface area (Å²) < 4.78 is 0. The zero-order valence-corrected chi connectivity index (χ0v) is 24.7. The van der Waals surface area contributed by atoms with Crippen LogP contribution in [0.25, 0.3) is 0 Å². The van der Waals surface area contributed by atoms with Gasteiger partial charge >= 0.3 is 0 Å². The Balaban J connectivity index is 2.22. The summed E-state index contributed by atoms with van der Waals surface area (Å²) in [5, 5.41) is 0. The maximum absolute atomic E-state index is 2.70. The highest BCUT2D eigenvalue weighted by molar-refractivity contribution is 4.97. The van der Waals surface area contributed by atoms with Crippen molar-refractivity contribution < 1.29 is 0 Å². The second-order valence-electron chi connectivity index (χ2n) is 11.5. The van der Waals surface area contributed by atoms with Gasteiger partial charge in [-0.05, 0) is 25.7 Å². The molecule has 208 valence electrons. The van der Waals surface area contributed by atoms with Gasteiger partial charge in [0, 0.05) is 25.5 Å². The first-order valence-electron chi connectivity index (χ1n) is 16.5. The van der Waals surface area contributed by atoms with E-state index in [1.54, 1.807) is 0 Å². The van der Waals surface area contributed by atoms with Crippen molar-refractivity contribution in [2.24, 2.45) is 0 Å². The van der Waals surface area contributed by atoms with Crippen molar-refractivity contribution in [3.63, 3.8) is 0 Å². The van der Waals surface area contributed by atoms with Crippen molar-refractivity contribution in [2.45, 2.75) is 187 Å². The molecule has 0 aliphatic carbocycles. The molecule has 0 fully saturated rings. The molecule has 0 saturated carbocycles. The van der Waals surface area contributed by atoms with Gasteiger partial charge in [-0.25, -0.2) is 0 Å². The van der Waals surface area contributed by atoms with E-state index in [0.717, 1.165) is 0 Å². The number of unbranched alkanes of at least 4 members (excludes halogenated alkanes) is 21. The summed E-state index contributed by atoms with van der Waals surface area (Å²) in [7, 11) is 0. The van der Waals surface area contributed by atoms with E-state index in [4.69, 9.17) is 0 Å². The van der Waals surface area contributed by atoms with Gasteiger partial charge in [-0.1, -0.05) is 156 Å². The summed E-state index contributed by atoms with van der Waals surface area (Å²) in [6, 6.07) is 0. The average Bonchev–Trinajstić information content (AvgIpc) is 3.25. The molecule has 2 nitrogen and oxygen atoms in total. The zero-order chi connectivity index (χ0) is 25.2. The third-order valence-corrected chi connectivity index (χ3v) is 8.07. The summed E-state index contributed by atoms with van der Waals surface area (Å²) >= 11 is 0. The minimum atomic E-state index is 0.643. The molecule has 0 aromatic rings. The van der Waals surface area contributed by atoms with Crippen LogP contribution in [0.1, 0.15) is 181 Å². The van der Waals surface area contributed by atoms with Gasteiger partial charge in [-0.2, -0.15) is 0 Å². The minimum absolute atomic E-state index is 0.643. The third-order valence-electron chi connectivity index (χ3n) is 8.07. The van der Waals surface area contributed by atoms with E-state index in [0.29, 0.717) is 6.17 Å². The van der Waals surface area contributed by atoms with Crippen LogP contribution in [0.3, 0.4) is 0 Å². The Bertz CT molecular complexity index is 446. The van der Waals surface area contributed by atoms with Crippen LogP contribution in [0.5, 0.6) is 0 Å². The first-order valence-corrected chi connectivity index (χ1v) is 16.5. The molecule has 1 unspecified atom stereocenters. The molecule has 0 aromatic heterocycles. The highest BCUT2D eigenvalue weighted by Gasteiger charge is 2.24. The number of hydrogen-bond acceptors (Lipinski definition) is 2.